The number of nitrogens with one attached hydrogen (secondary N) is 2. The molecule has 0 aliphatic carbocycles. The van der Waals surface area contributed by atoms with Gasteiger partial charge in [-0.1, -0.05) is 24.3 Å². The molecule has 27 heavy (non-hydrogen) atoms. The van der Waals surface area contributed by atoms with Crippen LogP contribution in [0.1, 0.15) is 15.9 Å². The van der Waals surface area contributed by atoms with Crippen molar-refractivity contribution in [3.8, 4) is 0 Å². The van der Waals surface area contributed by atoms with Crippen molar-refractivity contribution in [2.75, 3.05) is 10.6 Å². The molecule has 3 rings (SSSR count). The SMILES string of the molecule is O=C(/C=C/c1ccc(F)cc1)Nc1cccc(C(=O)Nc2ccccn2)c1. The normalized spacial score (nSPS) is 10.6. The van der Waals surface area contributed by atoms with Crippen LogP contribution in [0.15, 0.2) is 79.0 Å². The van der Waals surface area contributed by atoms with E-state index in [4.69, 9.17) is 0 Å². The lowest BCUT2D eigenvalue weighted by Gasteiger charge is -2.07. The van der Waals surface area contributed by atoms with Crippen molar-refractivity contribution >= 4 is 29.4 Å². The van der Waals surface area contributed by atoms with Gasteiger partial charge >= 0.3 is 0 Å². The molecule has 2 aromatic carbocycles. The van der Waals surface area contributed by atoms with E-state index < -0.39 is 0 Å². The number of halogens is 1. The van der Waals surface area contributed by atoms with E-state index in [0.29, 0.717) is 22.6 Å². The van der Waals surface area contributed by atoms with E-state index in [1.807, 2.05) is 0 Å². The van der Waals surface area contributed by atoms with Crippen LogP contribution >= 0.6 is 0 Å². The summed E-state index contributed by atoms with van der Waals surface area (Å²) >= 11 is 0. The Kier molecular flexibility index (Phi) is 5.69. The van der Waals surface area contributed by atoms with Gasteiger partial charge in [0.1, 0.15) is 11.6 Å². The molecular weight excluding hydrogens is 345 g/mol. The van der Waals surface area contributed by atoms with E-state index in [-0.39, 0.29) is 17.6 Å². The van der Waals surface area contributed by atoms with Gasteiger partial charge in [-0.3, -0.25) is 9.59 Å². The Morgan fingerprint density at radius 1 is 0.926 bits per heavy atom. The summed E-state index contributed by atoms with van der Waals surface area (Å²) in [5, 5.41) is 5.37. The van der Waals surface area contributed by atoms with Gasteiger partial charge < -0.3 is 10.6 Å². The fourth-order valence-corrected chi connectivity index (χ4v) is 2.29. The van der Waals surface area contributed by atoms with Crippen molar-refractivity contribution in [3.63, 3.8) is 0 Å². The van der Waals surface area contributed by atoms with Crippen LogP contribution in [0.4, 0.5) is 15.9 Å². The maximum atomic E-state index is 12.9. The van der Waals surface area contributed by atoms with Gasteiger partial charge in [-0.2, -0.15) is 0 Å². The first-order valence-corrected chi connectivity index (χ1v) is 8.17. The number of benzene rings is 2. The molecule has 3 aromatic rings. The summed E-state index contributed by atoms with van der Waals surface area (Å²) in [5.41, 5.74) is 1.58. The molecule has 2 amide bonds. The molecule has 1 heterocycles. The standard InChI is InChI=1S/C21H16FN3O2/c22-17-10-7-15(8-11-17)9-12-20(26)24-18-5-3-4-16(14-18)21(27)25-19-6-1-2-13-23-19/h1-14H,(H,24,26)(H,23,25,27)/b12-9+. The Morgan fingerprint density at radius 3 is 2.48 bits per heavy atom. The predicted molar refractivity (Wildman–Crippen MR) is 103 cm³/mol. The van der Waals surface area contributed by atoms with Gasteiger partial charge in [0.15, 0.2) is 0 Å². The third-order valence-corrected chi connectivity index (χ3v) is 3.60. The molecule has 0 atom stereocenters. The van der Waals surface area contributed by atoms with Crippen molar-refractivity contribution in [1.29, 1.82) is 0 Å². The van der Waals surface area contributed by atoms with Gasteiger partial charge in [-0.25, -0.2) is 9.37 Å². The van der Waals surface area contributed by atoms with Gasteiger partial charge in [0.05, 0.1) is 0 Å². The lowest BCUT2D eigenvalue weighted by Crippen LogP contribution is -2.14. The number of carbonyl (C=O) groups excluding carboxylic acids is 2. The molecule has 5 nitrogen and oxygen atoms in total. The van der Waals surface area contributed by atoms with Crippen molar-refractivity contribution < 1.29 is 14.0 Å². The predicted octanol–water partition coefficient (Wildman–Crippen LogP) is 4.12. The number of rotatable bonds is 5. The third kappa shape index (κ3) is 5.34. The maximum Gasteiger partial charge on any atom is 0.256 e. The Bertz CT molecular complexity index is 970. The summed E-state index contributed by atoms with van der Waals surface area (Å²) < 4.78 is 12.9. The number of nitrogens with zero attached hydrogens (tertiary/aromatic N) is 1. The van der Waals surface area contributed by atoms with Gasteiger partial charge in [0.25, 0.3) is 5.91 Å². The molecule has 0 unspecified atom stereocenters. The topological polar surface area (TPSA) is 71.1 Å². The molecule has 0 saturated heterocycles. The second kappa shape index (κ2) is 8.53. The second-order valence-electron chi connectivity index (χ2n) is 5.62. The number of anilines is 2. The molecule has 0 aliphatic heterocycles. The van der Waals surface area contributed by atoms with E-state index in [1.54, 1.807) is 66.9 Å². The molecule has 0 radical (unpaired) electrons. The highest BCUT2D eigenvalue weighted by Gasteiger charge is 2.08. The first-order chi connectivity index (χ1) is 13.1. The van der Waals surface area contributed by atoms with Crippen molar-refractivity contribution in [2.24, 2.45) is 0 Å². The van der Waals surface area contributed by atoms with E-state index >= 15 is 0 Å². The van der Waals surface area contributed by atoms with E-state index in [2.05, 4.69) is 15.6 Å². The van der Waals surface area contributed by atoms with Crippen molar-refractivity contribution in [1.82, 2.24) is 4.98 Å². The third-order valence-electron chi connectivity index (χ3n) is 3.60. The van der Waals surface area contributed by atoms with Gasteiger partial charge in [-0.15, -0.1) is 0 Å². The Balaban J connectivity index is 1.63. The summed E-state index contributed by atoms with van der Waals surface area (Å²) in [5.74, 6) is -0.579. The molecule has 2 N–H and O–H groups in total. The highest BCUT2D eigenvalue weighted by molar-refractivity contribution is 6.06. The Labute approximate surface area is 155 Å². The van der Waals surface area contributed by atoms with E-state index in [0.717, 1.165) is 0 Å². The number of carbonyl (C=O) groups is 2. The number of amides is 2. The Hall–Kier alpha value is -3.80. The minimum atomic E-state index is -0.360. The van der Waals surface area contributed by atoms with Crippen molar-refractivity contribution in [3.05, 3.63) is 95.9 Å². The zero-order valence-corrected chi connectivity index (χ0v) is 14.2. The lowest BCUT2D eigenvalue weighted by atomic mass is 10.2. The zero-order valence-electron chi connectivity index (χ0n) is 14.2. The summed E-state index contributed by atoms with van der Waals surface area (Å²) in [6, 6.07) is 17.6. The number of aromatic nitrogens is 1. The minimum absolute atomic E-state index is 0.327. The molecule has 134 valence electrons. The van der Waals surface area contributed by atoms with Crippen LogP contribution in [-0.4, -0.2) is 16.8 Å². The molecule has 1 aromatic heterocycles. The molecule has 0 saturated carbocycles. The average molecular weight is 361 g/mol. The van der Waals surface area contributed by atoms with Crippen molar-refractivity contribution in [2.45, 2.75) is 0 Å². The van der Waals surface area contributed by atoms with Crippen LogP contribution in [0.25, 0.3) is 6.08 Å². The number of hydrogen-bond donors (Lipinski definition) is 2. The van der Waals surface area contributed by atoms with Gasteiger partial charge in [0, 0.05) is 23.5 Å². The highest BCUT2D eigenvalue weighted by Crippen LogP contribution is 2.13. The van der Waals surface area contributed by atoms with Crippen LogP contribution in [-0.2, 0) is 4.79 Å². The molecule has 0 spiro atoms. The van der Waals surface area contributed by atoms with E-state index in [1.165, 1.54) is 18.2 Å². The summed E-state index contributed by atoms with van der Waals surface area (Å²) in [6.45, 7) is 0. The summed E-state index contributed by atoms with van der Waals surface area (Å²) in [7, 11) is 0. The lowest BCUT2D eigenvalue weighted by molar-refractivity contribution is -0.111. The fourth-order valence-electron chi connectivity index (χ4n) is 2.29. The summed E-state index contributed by atoms with van der Waals surface area (Å²) in [4.78, 5) is 28.4. The molecule has 0 bridgehead atoms. The van der Waals surface area contributed by atoms with Gasteiger partial charge in [-0.05, 0) is 54.1 Å². The number of hydrogen-bond acceptors (Lipinski definition) is 3. The molecular formula is C21H16FN3O2. The first kappa shape index (κ1) is 18.0. The van der Waals surface area contributed by atoms with Crippen LogP contribution in [0.3, 0.4) is 0 Å². The average Bonchev–Trinajstić information content (AvgIpc) is 2.68. The first-order valence-electron chi connectivity index (χ1n) is 8.17. The second-order valence-corrected chi connectivity index (χ2v) is 5.62. The summed E-state index contributed by atoms with van der Waals surface area (Å²) in [6.07, 6.45) is 4.50. The highest BCUT2D eigenvalue weighted by atomic mass is 19.1. The van der Waals surface area contributed by atoms with E-state index in [9.17, 15) is 14.0 Å². The Morgan fingerprint density at radius 2 is 1.74 bits per heavy atom. The van der Waals surface area contributed by atoms with Crippen LogP contribution in [0.2, 0.25) is 0 Å². The molecule has 6 heteroatoms. The maximum absolute atomic E-state index is 12.9. The smallest absolute Gasteiger partial charge is 0.256 e. The fraction of sp³-hybridized carbons (Fsp3) is 0. The number of pyridine rings is 1. The van der Waals surface area contributed by atoms with Crippen LogP contribution in [0.5, 0.6) is 0 Å². The largest absolute Gasteiger partial charge is 0.322 e. The van der Waals surface area contributed by atoms with Crippen LogP contribution in [0, 0.1) is 5.82 Å². The zero-order chi connectivity index (χ0) is 19.1. The minimum Gasteiger partial charge on any atom is -0.322 e. The van der Waals surface area contributed by atoms with Gasteiger partial charge in [0.2, 0.25) is 5.91 Å². The van der Waals surface area contributed by atoms with Crippen LogP contribution < -0.4 is 10.6 Å². The molecule has 0 aliphatic rings. The quantitative estimate of drug-likeness (QED) is 0.672. The monoisotopic (exact) mass is 361 g/mol. The molecule has 0 fully saturated rings.